The molecule has 0 saturated carbocycles. The molecule has 1 aromatic carbocycles. The molecule has 0 fully saturated rings. The third-order valence-corrected chi connectivity index (χ3v) is 6.44. The molecule has 0 heterocycles. The van der Waals surface area contributed by atoms with Gasteiger partial charge in [-0.05, 0) is 56.6 Å². The van der Waals surface area contributed by atoms with Gasteiger partial charge in [-0.1, -0.05) is 31.4 Å². The van der Waals surface area contributed by atoms with Gasteiger partial charge in [0.25, 0.3) is 0 Å². The third-order valence-electron chi connectivity index (χ3n) is 3.81. The largest absolute Gasteiger partial charge is 0.418 e. The minimum absolute atomic E-state index is 0.570. The number of hydrogen-bond donors (Lipinski definition) is 0. The van der Waals surface area contributed by atoms with Crippen LogP contribution >= 0.6 is 0 Å². The lowest BCUT2D eigenvalue weighted by Crippen LogP contribution is -2.29. The van der Waals surface area contributed by atoms with Gasteiger partial charge in [-0.25, -0.2) is 0 Å². The zero-order chi connectivity index (χ0) is 16.6. The van der Waals surface area contributed by atoms with E-state index in [4.69, 9.17) is 4.43 Å². The first-order valence-corrected chi connectivity index (χ1v) is 11.2. The van der Waals surface area contributed by atoms with E-state index in [1.165, 1.54) is 31.0 Å². The summed E-state index contributed by atoms with van der Waals surface area (Å²) in [6.07, 6.45) is 1.12. The van der Waals surface area contributed by atoms with Gasteiger partial charge >= 0.3 is 6.18 Å². The van der Waals surface area contributed by atoms with E-state index in [9.17, 15) is 13.2 Å². The maximum Gasteiger partial charge on any atom is 0.416 e. The maximum atomic E-state index is 12.5. The molecule has 0 radical (unpaired) electrons. The fraction of sp³-hybridized carbons (Fsp3) is 0.647. The second kappa shape index (κ2) is 8.72. The summed E-state index contributed by atoms with van der Waals surface area (Å²) < 4.78 is 43.2. The van der Waals surface area contributed by atoms with Crippen LogP contribution in [0.2, 0.25) is 19.1 Å². The van der Waals surface area contributed by atoms with Crippen molar-refractivity contribution in [2.24, 2.45) is 0 Å². The van der Waals surface area contributed by atoms with Crippen molar-refractivity contribution in [2.45, 2.75) is 64.3 Å². The van der Waals surface area contributed by atoms with Gasteiger partial charge in [0.15, 0.2) is 8.32 Å². The molecule has 5 heteroatoms. The van der Waals surface area contributed by atoms with Crippen LogP contribution in [0.25, 0.3) is 0 Å². The first kappa shape index (κ1) is 19.2. The van der Waals surface area contributed by atoms with Crippen LogP contribution in [0.1, 0.15) is 43.7 Å². The molecule has 22 heavy (non-hydrogen) atoms. The smallest absolute Gasteiger partial charge is 0.416 e. The molecule has 0 spiro atoms. The van der Waals surface area contributed by atoms with Crippen LogP contribution in [0.4, 0.5) is 13.2 Å². The fourth-order valence-electron chi connectivity index (χ4n) is 2.56. The summed E-state index contributed by atoms with van der Waals surface area (Å²) in [4.78, 5) is 0. The average Bonchev–Trinajstić information content (AvgIpc) is 2.42. The van der Waals surface area contributed by atoms with E-state index in [1.54, 1.807) is 12.1 Å². The summed E-state index contributed by atoms with van der Waals surface area (Å²) >= 11 is 0. The van der Waals surface area contributed by atoms with Gasteiger partial charge in [0.05, 0.1) is 5.56 Å². The van der Waals surface area contributed by atoms with Crippen molar-refractivity contribution in [2.75, 3.05) is 6.61 Å². The Morgan fingerprint density at radius 3 is 2.09 bits per heavy atom. The molecule has 1 nitrogen and oxygen atoms in total. The molecule has 0 aliphatic rings. The number of aryl methyl sites for hydroxylation is 1. The van der Waals surface area contributed by atoms with Crippen molar-refractivity contribution in [3.05, 3.63) is 35.4 Å². The van der Waals surface area contributed by atoms with Crippen LogP contribution in [0, 0.1) is 0 Å². The highest BCUT2D eigenvalue weighted by Gasteiger charge is 2.29. The highest BCUT2D eigenvalue weighted by Crippen LogP contribution is 2.29. The molecule has 0 aromatic heterocycles. The summed E-state index contributed by atoms with van der Waals surface area (Å²) in [5.74, 6) is 0. The molecule has 0 aliphatic carbocycles. The summed E-state index contributed by atoms with van der Waals surface area (Å²) in [5.41, 5.74) is 0.413. The molecule has 1 rings (SSSR count). The highest BCUT2D eigenvalue weighted by atomic mass is 28.4. The quantitative estimate of drug-likeness (QED) is 0.395. The van der Waals surface area contributed by atoms with E-state index >= 15 is 0 Å². The standard InChI is InChI=1S/C17H27F3OSi/c1-4-21-22(2,3)14-8-6-5-7-9-15-10-12-16(13-11-15)17(18,19)20/h10-13H,4-9,14H2,1-3H3. The van der Waals surface area contributed by atoms with Crippen LogP contribution in [0.5, 0.6) is 0 Å². The number of rotatable bonds is 9. The van der Waals surface area contributed by atoms with E-state index in [0.29, 0.717) is 0 Å². The van der Waals surface area contributed by atoms with Crippen molar-refractivity contribution >= 4 is 8.32 Å². The molecule has 0 unspecified atom stereocenters. The van der Waals surface area contributed by atoms with Crippen molar-refractivity contribution in [1.82, 2.24) is 0 Å². The van der Waals surface area contributed by atoms with Gasteiger partial charge in [-0.15, -0.1) is 0 Å². The van der Waals surface area contributed by atoms with Gasteiger partial charge in [0, 0.05) is 6.61 Å². The number of hydrogen-bond acceptors (Lipinski definition) is 1. The number of halogens is 3. The lowest BCUT2D eigenvalue weighted by Gasteiger charge is -2.21. The summed E-state index contributed by atoms with van der Waals surface area (Å²) in [5, 5.41) is 0. The van der Waals surface area contributed by atoms with Crippen LogP contribution in [-0.2, 0) is 17.0 Å². The second-order valence-corrected chi connectivity index (χ2v) is 10.6. The fourth-order valence-corrected chi connectivity index (χ4v) is 4.58. The highest BCUT2D eigenvalue weighted by molar-refractivity contribution is 6.71. The van der Waals surface area contributed by atoms with E-state index in [1.807, 2.05) is 6.92 Å². The first-order chi connectivity index (χ1) is 10.2. The molecular formula is C17H27F3OSi. The lowest BCUT2D eigenvalue weighted by molar-refractivity contribution is -0.137. The Morgan fingerprint density at radius 2 is 1.55 bits per heavy atom. The van der Waals surface area contributed by atoms with E-state index in [0.717, 1.165) is 31.4 Å². The van der Waals surface area contributed by atoms with Gasteiger partial charge in [-0.3, -0.25) is 0 Å². The molecule has 1 aromatic rings. The minimum atomic E-state index is -4.24. The number of unbranched alkanes of at least 4 members (excludes halogenated alkanes) is 3. The molecule has 0 N–H and O–H groups in total. The summed E-state index contributed by atoms with van der Waals surface area (Å²) in [7, 11) is -1.46. The van der Waals surface area contributed by atoms with E-state index in [2.05, 4.69) is 13.1 Å². The number of alkyl halides is 3. The van der Waals surface area contributed by atoms with E-state index < -0.39 is 20.1 Å². The average molecular weight is 332 g/mol. The first-order valence-electron chi connectivity index (χ1n) is 8.05. The Labute approximate surface area is 133 Å². The van der Waals surface area contributed by atoms with Gasteiger partial charge in [0.2, 0.25) is 0 Å². The van der Waals surface area contributed by atoms with Gasteiger partial charge in [0.1, 0.15) is 0 Å². The molecule has 126 valence electrons. The second-order valence-electron chi connectivity index (χ2n) is 6.30. The Bertz CT molecular complexity index is 427. The summed E-state index contributed by atoms with van der Waals surface area (Å²) in [6, 6.07) is 6.71. The predicted molar refractivity (Wildman–Crippen MR) is 87.5 cm³/mol. The monoisotopic (exact) mass is 332 g/mol. The maximum absolute atomic E-state index is 12.5. The Balaban J connectivity index is 2.20. The molecule has 0 aliphatic heterocycles. The van der Waals surface area contributed by atoms with Crippen molar-refractivity contribution in [1.29, 1.82) is 0 Å². The number of benzene rings is 1. The molecule has 0 saturated heterocycles. The van der Waals surface area contributed by atoms with Crippen LogP contribution < -0.4 is 0 Å². The molecule has 0 amide bonds. The van der Waals surface area contributed by atoms with Crippen molar-refractivity contribution < 1.29 is 17.6 Å². The van der Waals surface area contributed by atoms with Gasteiger partial charge < -0.3 is 4.43 Å². The molecular weight excluding hydrogens is 305 g/mol. The SMILES string of the molecule is CCO[Si](C)(C)CCCCCCc1ccc(C(F)(F)F)cc1. The Morgan fingerprint density at radius 1 is 0.955 bits per heavy atom. The van der Waals surface area contributed by atoms with Crippen molar-refractivity contribution in [3.8, 4) is 0 Å². The lowest BCUT2D eigenvalue weighted by atomic mass is 10.0. The van der Waals surface area contributed by atoms with Crippen LogP contribution in [0.15, 0.2) is 24.3 Å². The Kier molecular flexibility index (Phi) is 7.63. The zero-order valence-corrected chi connectivity index (χ0v) is 14.8. The van der Waals surface area contributed by atoms with E-state index in [-0.39, 0.29) is 0 Å². The summed E-state index contributed by atoms with van der Waals surface area (Å²) in [6.45, 7) is 7.34. The predicted octanol–water partition coefficient (Wildman–Crippen LogP) is 6.05. The van der Waals surface area contributed by atoms with Gasteiger partial charge in [-0.2, -0.15) is 13.2 Å². The molecule has 0 atom stereocenters. The molecule has 0 bridgehead atoms. The minimum Gasteiger partial charge on any atom is -0.418 e. The normalized spacial score (nSPS) is 12.6. The zero-order valence-electron chi connectivity index (χ0n) is 13.8. The van der Waals surface area contributed by atoms with Crippen LogP contribution in [0.3, 0.4) is 0 Å². The van der Waals surface area contributed by atoms with Crippen LogP contribution in [-0.4, -0.2) is 14.9 Å². The third kappa shape index (κ3) is 7.45. The topological polar surface area (TPSA) is 9.23 Å². The van der Waals surface area contributed by atoms with Crippen molar-refractivity contribution in [3.63, 3.8) is 0 Å². The Hall–Kier alpha value is -0.813.